The van der Waals surface area contributed by atoms with Crippen LogP contribution in [0.1, 0.15) is 28.3 Å². The Morgan fingerprint density at radius 1 is 1.21 bits per heavy atom. The fraction of sp³-hybridized carbons (Fsp3) is 0.190. The van der Waals surface area contributed by atoms with E-state index in [-0.39, 0.29) is 18.4 Å². The van der Waals surface area contributed by atoms with E-state index in [1.807, 2.05) is 43.3 Å². The second kappa shape index (κ2) is 7.44. The summed E-state index contributed by atoms with van der Waals surface area (Å²) in [5.41, 5.74) is 9.86. The van der Waals surface area contributed by atoms with Crippen LogP contribution in [0.25, 0.3) is 11.3 Å². The number of nitrogens with one attached hydrogen (secondary N) is 1. The van der Waals surface area contributed by atoms with Gasteiger partial charge in [-0.2, -0.15) is 4.37 Å². The highest BCUT2D eigenvalue weighted by Crippen LogP contribution is 2.44. The number of aryl methyl sites for hydroxylation is 1. The summed E-state index contributed by atoms with van der Waals surface area (Å²) in [6, 6.07) is 15.5. The number of aromatic nitrogens is 1. The zero-order valence-electron chi connectivity index (χ0n) is 15.3. The van der Waals surface area contributed by atoms with Crippen LogP contribution in [-0.4, -0.2) is 22.8 Å². The van der Waals surface area contributed by atoms with Crippen LogP contribution < -0.4 is 15.8 Å². The molecule has 1 aromatic heterocycles. The number of nitrogens with zero attached hydrogens (tertiary/aromatic N) is 1. The van der Waals surface area contributed by atoms with E-state index in [9.17, 15) is 9.59 Å². The molecule has 1 aliphatic heterocycles. The number of benzene rings is 2. The maximum Gasteiger partial charge on any atom is 0.255 e. The van der Waals surface area contributed by atoms with E-state index in [1.165, 1.54) is 17.1 Å². The minimum Gasteiger partial charge on any atom is -0.484 e. The van der Waals surface area contributed by atoms with Crippen molar-refractivity contribution in [2.75, 3.05) is 11.9 Å². The fourth-order valence-electron chi connectivity index (χ4n) is 3.26. The number of carbonyl (C=O) groups is 2. The molecule has 28 heavy (non-hydrogen) atoms. The SMILES string of the molecule is Cc1ccc(-c2nsc3c2NC(=O)CC3c2ccc(OCC(N)=O)cc2)cc1. The van der Waals surface area contributed by atoms with Gasteiger partial charge < -0.3 is 15.8 Å². The lowest BCUT2D eigenvalue weighted by Crippen LogP contribution is -2.22. The molecule has 2 heterocycles. The monoisotopic (exact) mass is 393 g/mol. The van der Waals surface area contributed by atoms with Crippen LogP contribution in [0.5, 0.6) is 5.75 Å². The predicted octanol–water partition coefficient (Wildman–Crippen LogP) is 3.46. The van der Waals surface area contributed by atoms with E-state index >= 15 is 0 Å². The molecule has 1 aliphatic rings. The third-order valence-corrected chi connectivity index (χ3v) is 5.64. The maximum absolute atomic E-state index is 12.4. The van der Waals surface area contributed by atoms with Gasteiger partial charge in [-0.1, -0.05) is 42.0 Å². The molecular weight excluding hydrogens is 374 g/mol. The molecular formula is C21H19N3O3S. The van der Waals surface area contributed by atoms with Crippen molar-refractivity contribution in [2.24, 2.45) is 5.73 Å². The number of nitrogens with two attached hydrogens (primary N) is 1. The van der Waals surface area contributed by atoms with Crippen LogP contribution in [0, 0.1) is 6.92 Å². The number of carbonyl (C=O) groups excluding carboxylic acids is 2. The van der Waals surface area contributed by atoms with Crippen LogP contribution in [0.15, 0.2) is 48.5 Å². The number of amides is 2. The topological polar surface area (TPSA) is 94.3 Å². The molecule has 3 N–H and O–H groups in total. The number of hydrogen-bond donors (Lipinski definition) is 2. The second-order valence-corrected chi connectivity index (χ2v) is 7.57. The zero-order valence-corrected chi connectivity index (χ0v) is 16.1. The lowest BCUT2D eigenvalue weighted by atomic mass is 9.89. The van der Waals surface area contributed by atoms with Crippen molar-refractivity contribution in [1.82, 2.24) is 4.37 Å². The number of rotatable bonds is 5. The molecule has 0 spiro atoms. The first-order chi connectivity index (χ1) is 13.5. The van der Waals surface area contributed by atoms with Crippen molar-refractivity contribution in [2.45, 2.75) is 19.3 Å². The predicted molar refractivity (Wildman–Crippen MR) is 109 cm³/mol. The fourth-order valence-corrected chi connectivity index (χ4v) is 4.23. The normalized spacial score (nSPS) is 15.6. The van der Waals surface area contributed by atoms with Gasteiger partial charge in [-0.05, 0) is 36.2 Å². The first kappa shape index (κ1) is 18.2. The largest absolute Gasteiger partial charge is 0.484 e. The summed E-state index contributed by atoms with van der Waals surface area (Å²) >= 11 is 1.42. The third-order valence-electron chi connectivity index (χ3n) is 4.68. The summed E-state index contributed by atoms with van der Waals surface area (Å²) in [5, 5.41) is 3.00. The van der Waals surface area contributed by atoms with Gasteiger partial charge in [0.25, 0.3) is 5.91 Å². The minimum absolute atomic E-state index is 0.0277. The first-order valence-electron chi connectivity index (χ1n) is 8.89. The Balaban J connectivity index is 1.65. The van der Waals surface area contributed by atoms with Gasteiger partial charge in [-0.3, -0.25) is 9.59 Å². The van der Waals surface area contributed by atoms with Gasteiger partial charge >= 0.3 is 0 Å². The highest BCUT2D eigenvalue weighted by atomic mass is 32.1. The van der Waals surface area contributed by atoms with Gasteiger partial charge in [0.1, 0.15) is 11.4 Å². The van der Waals surface area contributed by atoms with E-state index in [2.05, 4.69) is 9.69 Å². The van der Waals surface area contributed by atoms with Crippen molar-refractivity contribution in [1.29, 1.82) is 0 Å². The van der Waals surface area contributed by atoms with Gasteiger partial charge in [0.2, 0.25) is 5.91 Å². The summed E-state index contributed by atoms with van der Waals surface area (Å²) in [4.78, 5) is 24.3. The van der Waals surface area contributed by atoms with Crippen molar-refractivity contribution in [3.63, 3.8) is 0 Å². The molecule has 0 saturated heterocycles. The molecule has 1 atom stereocenters. The minimum atomic E-state index is -0.522. The van der Waals surface area contributed by atoms with Crippen LogP contribution in [0.2, 0.25) is 0 Å². The third kappa shape index (κ3) is 3.61. The summed E-state index contributed by atoms with van der Waals surface area (Å²) < 4.78 is 9.93. The summed E-state index contributed by atoms with van der Waals surface area (Å²) in [6.45, 7) is 1.87. The molecule has 7 heteroatoms. The smallest absolute Gasteiger partial charge is 0.255 e. The molecule has 0 saturated carbocycles. The Morgan fingerprint density at radius 3 is 2.61 bits per heavy atom. The highest BCUT2D eigenvalue weighted by Gasteiger charge is 2.31. The van der Waals surface area contributed by atoms with Crippen molar-refractivity contribution >= 4 is 29.0 Å². The second-order valence-electron chi connectivity index (χ2n) is 6.77. The van der Waals surface area contributed by atoms with E-state index in [4.69, 9.17) is 10.5 Å². The Bertz CT molecular complexity index is 1030. The summed E-state index contributed by atoms with van der Waals surface area (Å²) in [6.07, 6.45) is 0.365. The molecule has 142 valence electrons. The van der Waals surface area contributed by atoms with Crippen LogP contribution in [0.4, 0.5) is 5.69 Å². The number of ether oxygens (including phenoxy) is 1. The molecule has 2 aromatic carbocycles. The van der Waals surface area contributed by atoms with E-state index in [0.717, 1.165) is 27.4 Å². The van der Waals surface area contributed by atoms with Crippen molar-refractivity contribution < 1.29 is 14.3 Å². The molecule has 0 bridgehead atoms. The summed E-state index contributed by atoms with van der Waals surface area (Å²) in [5.74, 6) is -0.0515. The summed E-state index contributed by atoms with van der Waals surface area (Å²) in [7, 11) is 0. The Kier molecular flexibility index (Phi) is 4.83. The molecule has 0 fully saturated rings. The Hall–Kier alpha value is -3.19. The zero-order chi connectivity index (χ0) is 19.7. The molecule has 0 radical (unpaired) electrons. The number of anilines is 1. The highest BCUT2D eigenvalue weighted by molar-refractivity contribution is 7.07. The van der Waals surface area contributed by atoms with Crippen LogP contribution >= 0.6 is 11.5 Å². The van der Waals surface area contributed by atoms with Crippen molar-refractivity contribution in [3.05, 3.63) is 64.5 Å². The standard InChI is InChI=1S/C21H19N3O3S/c1-12-2-4-14(5-3-12)19-20-21(28-24-19)16(10-18(26)23-20)13-6-8-15(9-7-13)27-11-17(22)25/h2-9,16H,10-11H2,1H3,(H2,22,25)(H,23,26). The molecule has 1 unspecified atom stereocenters. The maximum atomic E-state index is 12.4. The molecule has 2 amide bonds. The van der Waals surface area contributed by atoms with Gasteiger partial charge in [-0.15, -0.1) is 0 Å². The van der Waals surface area contributed by atoms with Crippen LogP contribution in [0.3, 0.4) is 0 Å². The molecule has 0 aliphatic carbocycles. The Morgan fingerprint density at radius 2 is 1.93 bits per heavy atom. The molecule has 6 nitrogen and oxygen atoms in total. The first-order valence-corrected chi connectivity index (χ1v) is 9.66. The Labute approximate surface area is 166 Å². The quantitative estimate of drug-likeness (QED) is 0.694. The van der Waals surface area contributed by atoms with Gasteiger partial charge in [0.15, 0.2) is 6.61 Å². The number of primary amides is 1. The van der Waals surface area contributed by atoms with Gasteiger partial charge in [0.05, 0.1) is 10.6 Å². The van der Waals surface area contributed by atoms with Crippen LogP contribution in [-0.2, 0) is 9.59 Å². The van der Waals surface area contributed by atoms with E-state index in [1.54, 1.807) is 12.1 Å². The lowest BCUT2D eigenvalue weighted by Gasteiger charge is -2.23. The van der Waals surface area contributed by atoms with Crippen molar-refractivity contribution in [3.8, 4) is 17.0 Å². The van der Waals surface area contributed by atoms with Gasteiger partial charge in [0, 0.05) is 17.9 Å². The number of hydrogen-bond acceptors (Lipinski definition) is 5. The lowest BCUT2D eigenvalue weighted by molar-refractivity contribution is -0.120. The molecule has 4 rings (SSSR count). The molecule has 3 aromatic rings. The van der Waals surface area contributed by atoms with E-state index < -0.39 is 5.91 Å². The average Bonchev–Trinajstić information content (AvgIpc) is 3.10. The number of fused-ring (bicyclic) bond motifs is 1. The average molecular weight is 393 g/mol. The van der Waals surface area contributed by atoms with Gasteiger partial charge in [-0.25, -0.2) is 0 Å². The van der Waals surface area contributed by atoms with E-state index in [0.29, 0.717) is 12.2 Å².